The van der Waals surface area contributed by atoms with Gasteiger partial charge in [-0.25, -0.2) is 0 Å². The third kappa shape index (κ3) is 6.86. The predicted molar refractivity (Wildman–Crippen MR) is 156 cm³/mol. The highest BCUT2D eigenvalue weighted by Crippen LogP contribution is 2.37. The van der Waals surface area contributed by atoms with E-state index in [0.717, 1.165) is 43.7 Å². The molecule has 3 rings (SSSR count). The lowest BCUT2D eigenvalue weighted by Gasteiger charge is -2.39. The number of aliphatic carboxylic acids is 1. The van der Waals surface area contributed by atoms with E-state index in [9.17, 15) is 19.6 Å². The maximum absolute atomic E-state index is 13.5. The molecule has 0 saturated carbocycles. The SMILES string of the molecule is CCCCn1c(N2CC(C)CC(C)C2)c(/C=C2\SC(=S)N(CCCCCC(=O)O)C2=O)c(C)c(C#N)c1=O. The predicted octanol–water partition coefficient (Wildman–Crippen LogP) is 5.16. The van der Waals surface area contributed by atoms with Crippen LogP contribution in [-0.4, -0.2) is 50.4 Å². The number of amides is 1. The van der Waals surface area contributed by atoms with Crippen LogP contribution in [0.25, 0.3) is 6.08 Å². The second-order valence-corrected chi connectivity index (χ2v) is 12.2. The molecule has 2 saturated heterocycles. The summed E-state index contributed by atoms with van der Waals surface area (Å²) in [5, 5.41) is 18.7. The number of carbonyl (C=O) groups excluding carboxylic acids is 1. The Hall–Kier alpha value is -2.64. The molecule has 2 aliphatic heterocycles. The number of hydrogen-bond donors (Lipinski definition) is 1. The third-order valence-electron chi connectivity index (χ3n) is 7.17. The normalized spacial score (nSPS) is 20.9. The van der Waals surface area contributed by atoms with Crippen molar-refractivity contribution in [2.24, 2.45) is 11.8 Å². The van der Waals surface area contributed by atoms with Gasteiger partial charge >= 0.3 is 5.97 Å². The lowest BCUT2D eigenvalue weighted by molar-refractivity contribution is -0.137. The molecular weight excluding hydrogens is 520 g/mol. The van der Waals surface area contributed by atoms with Gasteiger partial charge in [0.25, 0.3) is 11.5 Å². The van der Waals surface area contributed by atoms with Crippen molar-refractivity contribution in [3.63, 3.8) is 0 Å². The molecule has 1 aromatic rings. The molecule has 2 fully saturated rings. The molecule has 2 aliphatic rings. The zero-order valence-electron chi connectivity index (χ0n) is 22.8. The summed E-state index contributed by atoms with van der Waals surface area (Å²) in [6.45, 7) is 10.9. The van der Waals surface area contributed by atoms with Crippen LogP contribution in [0.3, 0.4) is 0 Å². The standard InChI is InChI=1S/C28H38N4O4S2/c1-5-6-11-31-25(30-16-18(2)13-19(3)17-30)21(20(4)22(15-29)26(31)35)14-23-27(36)32(28(37)38-23)12-9-7-8-10-24(33)34/h14,18-19H,5-13,16-17H2,1-4H3,(H,33,34)/b23-14-. The minimum absolute atomic E-state index is 0.114. The van der Waals surface area contributed by atoms with E-state index < -0.39 is 5.97 Å². The molecule has 1 amide bonds. The van der Waals surface area contributed by atoms with E-state index in [4.69, 9.17) is 17.3 Å². The van der Waals surface area contributed by atoms with Crippen molar-refractivity contribution in [3.05, 3.63) is 31.9 Å². The van der Waals surface area contributed by atoms with Crippen molar-refractivity contribution < 1.29 is 14.7 Å². The minimum Gasteiger partial charge on any atom is -0.481 e. The van der Waals surface area contributed by atoms with Gasteiger partial charge in [-0.15, -0.1) is 0 Å². The number of carbonyl (C=O) groups is 2. The molecule has 0 aliphatic carbocycles. The highest BCUT2D eigenvalue weighted by atomic mass is 32.2. The number of anilines is 1. The number of aromatic nitrogens is 1. The zero-order chi connectivity index (χ0) is 28.0. The summed E-state index contributed by atoms with van der Waals surface area (Å²) in [5.74, 6) is 0.693. The Balaban J connectivity index is 2.04. The van der Waals surface area contributed by atoms with Crippen LogP contribution in [0.5, 0.6) is 0 Å². The number of nitrogens with zero attached hydrogens (tertiary/aromatic N) is 4. The Morgan fingerprint density at radius 3 is 2.45 bits per heavy atom. The van der Waals surface area contributed by atoms with Crippen molar-refractivity contribution in [3.8, 4) is 6.07 Å². The van der Waals surface area contributed by atoms with Crippen molar-refractivity contribution in [2.75, 3.05) is 24.5 Å². The van der Waals surface area contributed by atoms with E-state index in [-0.39, 0.29) is 23.5 Å². The van der Waals surface area contributed by atoms with Crippen LogP contribution < -0.4 is 10.5 Å². The van der Waals surface area contributed by atoms with Crippen LogP contribution >= 0.6 is 24.0 Å². The highest BCUT2D eigenvalue weighted by molar-refractivity contribution is 8.26. The molecule has 1 N–H and O–H groups in total. The average molecular weight is 559 g/mol. The summed E-state index contributed by atoms with van der Waals surface area (Å²) < 4.78 is 2.22. The summed E-state index contributed by atoms with van der Waals surface area (Å²) in [7, 11) is 0. The van der Waals surface area contributed by atoms with Gasteiger partial charge in [0.1, 0.15) is 21.8 Å². The number of piperidine rings is 1. The number of nitriles is 1. The lowest BCUT2D eigenvalue weighted by Crippen LogP contribution is -2.43. The third-order valence-corrected chi connectivity index (χ3v) is 8.55. The first-order chi connectivity index (χ1) is 18.1. The molecule has 206 valence electrons. The number of unbranched alkanes of at least 4 members (excludes halogenated alkanes) is 3. The summed E-state index contributed by atoms with van der Waals surface area (Å²) in [5.41, 5.74) is 1.17. The molecule has 1 aromatic heterocycles. The summed E-state index contributed by atoms with van der Waals surface area (Å²) in [6, 6.07) is 2.12. The second-order valence-electron chi connectivity index (χ2n) is 10.5. The molecule has 0 spiro atoms. The first-order valence-corrected chi connectivity index (χ1v) is 14.7. The van der Waals surface area contributed by atoms with E-state index in [2.05, 4.69) is 31.7 Å². The van der Waals surface area contributed by atoms with Crippen LogP contribution in [-0.2, 0) is 16.1 Å². The first-order valence-electron chi connectivity index (χ1n) is 13.5. The quantitative estimate of drug-likeness (QED) is 0.226. The zero-order valence-corrected chi connectivity index (χ0v) is 24.4. The molecule has 2 unspecified atom stereocenters. The average Bonchev–Trinajstić information content (AvgIpc) is 3.11. The number of thioether (sulfide) groups is 1. The van der Waals surface area contributed by atoms with Gasteiger partial charge in [0.15, 0.2) is 0 Å². The number of rotatable bonds is 11. The molecule has 10 heteroatoms. The van der Waals surface area contributed by atoms with Gasteiger partial charge in [-0.2, -0.15) is 5.26 Å². The van der Waals surface area contributed by atoms with Gasteiger partial charge in [0.2, 0.25) is 0 Å². The van der Waals surface area contributed by atoms with E-state index in [1.54, 1.807) is 16.4 Å². The fraction of sp³-hybridized carbons (Fsp3) is 0.607. The number of hydrogen-bond acceptors (Lipinski definition) is 7. The Labute approximate surface area is 234 Å². The topological polar surface area (TPSA) is 107 Å². The molecule has 0 aromatic carbocycles. The fourth-order valence-corrected chi connectivity index (χ4v) is 6.68. The van der Waals surface area contributed by atoms with Crippen LogP contribution in [0.2, 0.25) is 0 Å². The minimum atomic E-state index is -0.820. The molecular formula is C28H38N4O4S2. The van der Waals surface area contributed by atoms with E-state index in [1.165, 1.54) is 11.8 Å². The monoisotopic (exact) mass is 558 g/mol. The number of carboxylic acid groups (broad SMARTS) is 1. The van der Waals surface area contributed by atoms with Crippen molar-refractivity contribution >= 4 is 52.1 Å². The molecule has 2 atom stereocenters. The van der Waals surface area contributed by atoms with Crippen LogP contribution in [0, 0.1) is 30.1 Å². The molecule has 8 nitrogen and oxygen atoms in total. The van der Waals surface area contributed by atoms with Gasteiger partial charge in [-0.1, -0.05) is 57.6 Å². The molecule has 0 radical (unpaired) electrons. The lowest BCUT2D eigenvalue weighted by atomic mass is 9.91. The number of thiocarbonyl (C=S) groups is 1. The Morgan fingerprint density at radius 1 is 1.16 bits per heavy atom. The number of pyridine rings is 1. The van der Waals surface area contributed by atoms with E-state index in [1.807, 2.05) is 6.08 Å². The molecule has 3 heterocycles. The van der Waals surface area contributed by atoms with E-state index >= 15 is 0 Å². The highest BCUT2D eigenvalue weighted by Gasteiger charge is 2.34. The Kier molecular flexibility index (Phi) is 10.6. The maximum atomic E-state index is 13.5. The van der Waals surface area contributed by atoms with Crippen LogP contribution in [0.4, 0.5) is 5.82 Å². The van der Waals surface area contributed by atoms with Gasteiger partial charge < -0.3 is 10.0 Å². The summed E-state index contributed by atoms with van der Waals surface area (Å²) in [4.78, 5) is 41.9. The summed E-state index contributed by atoms with van der Waals surface area (Å²) >= 11 is 6.76. The van der Waals surface area contributed by atoms with Crippen LogP contribution in [0.1, 0.15) is 82.4 Å². The Bertz CT molecular complexity index is 1210. The largest absolute Gasteiger partial charge is 0.481 e. The maximum Gasteiger partial charge on any atom is 0.303 e. The summed E-state index contributed by atoms with van der Waals surface area (Å²) in [6.07, 6.45) is 6.70. The van der Waals surface area contributed by atoms with E-state index in [0.29, 0.717) is 59.0 Å². The van der Waals surface area contributed by atoms with Crippen molar-refractivity contribution in [1.29, 1.82) is 5.26 Å². The van der Waals surface area contributed by atoms with Crippen molar-refractivity contribution in [1.82, 2.24) is 9.47 Å². The van der Waals surface area contributed by atoms with Gasteiger partial charge in [-0.05, 0) is 56.1 Å². The first kappa shape index (κ1) is 29.9. The molecule has 0 bridgehead atoms. The van der Waals surface area contributed by atoms with Crippen molar-refractivity contribution in [2.45, 2.75) is 79.2 Å². The van der Waals surface area contributed by atoms with Gasteiger partial charge in [0, 0.05) is 38.2 Å². The Morgan fingerprint density at radius 2 is 1.84 bits per heavy atom. The van der Waals surface area contributed by atoms with Gasteiger partial charge in [0.05, 0.1) is 4.91 Å². The fourth-order valence-electron chi connectivity index (χ4n) is 5.39. The van der Waals surface area contributed by atoms with Crippen LogP contribution in [0.15, 0.2) is 9.70 Å². The van der Waals surface area contributed by atoms with Gasteiger partial charge in [-0.3, -0.25) is 23.9 Å². The second kappa shape index (κ2) is 13.4. The molecule has 38 heavy (non-hydrogen) atoms. The number of carboxylic acids is 1. The smallest absolute Gasteiger partial charge is 0.303 e.